The van der Waals surface area contributed by atoms with Gasteiger partial charge in [0.15, 0.2) is 0 Å². The van der Waals surface area contributed by atoms with Crippen molar-refractivity contribution in [2.24, 2.45) is 0 Å². The Labute approximate surface area is 196 Å². The summed E-state index contributed by atoms with van der Waals surface area (Å²) in [5.74, 6) is 0.145. The number of amides is 1. The number of carboxylic acid groups (broad SMARTS) is 1. The molecule has 0 unspecified atom stereocenters. The molecule has 0 saturated carbocycles. The first-order valence-corrected chi connectivity index (χ1v) is 11.0. The number of piperazine rings is 1. The predicted molar refractivity (Wildman–Crippen MR) is 124 cm³/mol. The van der Waals surface area contributed by atoms with Crippen molar-refractivity contribution in [2.45, 2.75) is 20.0 Å². The summed E-state index contributed by atoms with van der Waals surface area (Å²) in [4.78, 5) is 23.5. The van der Waals surface area contributed by atoms with Gasteiger partial charge in [-0.05, 0) is 18.6 Å². The maximum absolute atomic E-state index is 10.9. The van der Waals surface area contributed by atoms with Gasteiger partial charge >= 0.3 is 6.09 Å². The van der Waals surface area contributed by atoms with Gasteiger partial charge in [0.2, 0.25) is 11.8 Å². The second-order valence-electron chi connectivity index (χ2n) is 8.23. The van der Waals surface area contributed by atoms with Crippen LogP contribution < -0.4 is 10.1 Å². The van der Waals surface area contributed by atoms with Crippen molar-refractivity contribution in [3.05, 3.63) is 35.0 Å². The second-order valence-corrected chi connectivity index (χ2v) is 8.23. The number of anilines is 1. The SMILES string of the molecule is COc1cc(CN2CCN(CCO)CC2)ccc1Cn1nc(C)c2nc(NC(=O)O)nc(O)c21. The van der Waals surface area contributed by atoms with Crippen molar-refractivity contribution >= 4 is 23.1 Å². The van der Waals surface area contributed by atoms with Gasteiger partial charge in [-0.3, -0.25) is 19.8 Å². The second kappa shape index (κ2) is 10.2. The topological polar surface area (TPSA) is 149 Å². The van der Waals surface area contributed by atoms with Crippen LogP contribution in [0.2, 0.25) is 0 Å². The van der Waals surface area contributed by atoms with E-state index in [4.69, 9.17) is 14.9 Å². The van der Waals surface area contributed by atoms with Crippen LogP contribution in [0.3, 0.4) is 0 Å². The number of aromatic hydroxyl groups is 1. The number of hydrogen-bond donors (Lipinski definition) is 4. The Morgan fingerprint density at radius 3 is 2.56 bits per heavy atom. The van der Waals surface area contributed by atoms with Gasteiger partial charge in [-0.2, -0.15) is 10.1 Å². The Morgan fingerprint density at radius 2 is 1.88 bits per heavy atom. The van der Waals surface area contributed by atoms with E-state index in [0.29, 0.717) is 29.0 Å². The molecule has 1 aliphatic rings. The van der Waals surface area contributed by atoms with E-state index < -0.39 is 6.09 Å². The number of aliphatic hydroxyl groups is 1. The minimum atomic E-state index is -1.32. The first-order chi connectivity index (χ1) is 16.4. The Kier molecular flexibility index (Phi) is 7.10. The number of benzene rings is 1. The van der Waals surface area contributed by atoms with Crippen molar-refractivity contribution in [2.75, 3.05) is 51.8 Å². The van der Waals surface area contributed by atoms with E-state index in [1.54, 1.807) is 18.7 Å². The predicted octanol–water partition coefficient (Wildman–Crippen LogP) is 1.10. The molecule has 3 aromatic rings. The number of aromatic nitrogens is 4. The van der Waals surface area contributed by atoms with E-state index in [1.807, 2.05) is 12.1 Å². The highest BCUT2D eigenvalue weighted by Crippen LogP contribution is 2.28. The molecule has 0 radical (unpaired) electrons. The van der Waals surface area contributed by atoms with Crippen molar-refractivity contribution in [3.8, 4) is 11.6 Å². The van der Waals surface area contributed by atoms with E-state index in [1.165, 1.54) is 0 Å². The highest BCUT2D eigenvalue weighted by molar-refractivity contribution is 5.86. The number of nitrogens with one attached hydrogen (secondary N) is 1. The fraction of sp³-hybridized carbons (Fsp3) is 0.455. The van der Waals surface area contributed by atoms with Crippen LogP contribution in [0.4, 0.5) is 10.7 Å². The maximum Gasteiger partial charge on any atom is 0.411 e. The van der Waals surface area contributed by atoms with Crippen LogP contribution in [0.25, 0.3) is 11.0 Å². The smallest absolute Gasteiger partial charge is 0.411 e. The molecule has 1 fully saturated rings. The van der Waals surface area contributed by atoms with Crippen LogP contribution in [0.5, 0.6) is 11.6 Å². The fourth-order valence-corrected chi connectivity index (χ4v) is 4.23. The average Bonchev–Trinajstić information content (AvgIpc) is 3.11. The Balaban J connectivity index is 1.52. The minimum Gasteiger partial charge on any atom is -0.496 e. The average molecular weight is 472 g/mol. The number of aliphatic hydroxyl groups excluding tert-OH is 1. The molecule has 0 spiro atoms. The van der Waals surface area contributed by atoms with Gasteiger partial charge in [0.1, 0.15) is 16.8 Å². The number of carbonyl (C=O) groups is 1. The van der Waals surface area contributed by atoms with Gasteiger partial charge in [-0.1, -0.05) is 12.1 Å². The normalized spacial score (nSPS) is 15.0. The first-order valence-electron chi connectivity index (χ1n) is 11.0. The quantitative estimate of drug-likeness (QED) is 0.376. The van der Waals surface area contributed by atoms with Crippen molar-refractivity contribution in [3.63, 3.8) is 0 Å². The number of fused-ring (bicyclic) bond motifs is 1. The van der Waals surface area contributed by atoms with Gasteiger partial charge in [0.05, 0.1) is 26.0 Å². The van der Waals surface area contributed by atoms with Gasteiger partial charge < -0.3 is 20.1 Å². The molecule has 3 heterocycles. The van der Waals surface area contributed by atoms with Gasteiger partial charge in [0.25, 0.3) is 0 Å². The molecule has 182 valence electrons. The number of aryl methyl sites for hydroxylation is 1. The van der Waals surface area contributed by atoms with Crippen molar-refractivity contribution < 1.29 is 24.9 Å². The summed E-state index contributed by atoms with van der Waals surface area (Å²) in [6.45, 7) is 7.53. The van der Waals surface area contributed by atoms with Crippen molar-refractivity contribution in [1.82, 2.24) is 29.5 Å². The molecule has 0 atom stereocenters. The van der Waals surface area contributed by atoms with E-state index in [0.717, 1.165) is 50.4 Å². The molecular formula is C22H29N7O5. The minimum absolute atomic E-state index is 0.189. The maximum atomic E-state index is 10.9. The van der Waals surface area contributed by atoms with Gasteiger partial charge in [-0.15, -0.1) is 0 Å². The molecule has 2 aromatic heterocycles. The van der Waals surface area contributed by atoms with E-state index >= 15 is 0 Å². The summed E-state index contributed by atoms with van der Waals surface area (Å²) in [5, 5.41) is 35.0. The summed E-state index contributed by atoms with van der Waals surface area (Å²) in [5.41, 5.74) is 3.23. The Morgan fingerprint density at radius 1 is 1.15 bits per heavy atom. The van der Waals surface area contributed by atoms with Crippen LogP contribution >= 0.6 is 0 Å². The summed E-state index contributed by atoms with van der Waals surface area (Å²) < 4.78 is 7.23. The monoisotopic (exact) mass is 471 g/mol. The molecule has 12 heteroatoms. The van der Waals surface area contributed by atoms with Crippen LogP contribution in [0.1, 0.15) is 16.8 Å². The third-order valence-corrected chi connectivity index (χ3v) is 5.91. The summed E-state index contributed by atoms with van der Waals surface area (Å²) in [7, 11) is 1.62. The summed E-state index contributed by atoms with van der Waals surface area (Å²) in [6, 6.07) is 6.05. The lowest BCUT2D eigenvalue weighted by molar-refractivity contribution is 0.108. The lowest BCUT2D eigenvalue weighted by Crippen LogP contribution is -2.46. The van der Waals surface area contributed by atoms with Gasteiger partial charge in [0, 0.05) is 44.8 Å². The van der Waals surface area contributed by atoms with Crippen LogP contribution in [-0.4, -0.2) is 97.4 Å². The number of nitrogens with zero attached hydrogens (tertiary/aromatic N) is 6. The molecule has 1 aromatic carbocycles. The largest absolute Gasteiger partial charge is 0.496 e. The molecule has 4 N–H and O–H groups in total. The number of β-amino-alcohol motifs (C(OH)–C–C–N with tert-alkyl or cyclic N) is 1. The molecule has 0 aliphatic carbocycles. The zero-order chi connectivity index (χ0) is 24.2. The molecule has 1 saturated heterocycles. The van der Waals surface area contributed by atoms with Gasteiger partial charge in [-0.25, -0.2) is 9.78 Å². The van der Waals surface area contributed by atoms with Crippen LogP contribution in [-0.2, 0) is 13.1 Å². The number of hydrogen-bond acceptors (Lipinski definition) is 9. The zero-order valence-corrected chi connectivity index (χ0v) is 19.2. The zero-order valence-electron chi connectivity index (χ0n) is 19.2. The van der Waals surface area contributed by atoms with E-state index in [-0.39, 0.29) is 18.4 Å². The molecule has 34 heavy (non-hydrogen) atoms. The molecule has 4 rings (SSSR count). The van der Waals surface area contributed by atoms with Crippen LogP contribution in [0.15, 0.2) is 18.2 Å². The molecular weight excluding hydrogens is 442 g/mol. The summed E-state index contributed by atoms with van der Waals surface area (Å²) >= 11 is 0. The number of ether oxygens (including phenoxy) is 1. The molecule has 1 amide bonds. The molecule has 12 nitrogen and oxygen atoms in total. The van der Waals surface area contributed by atoms with Crippen LogP contribution in [0, 0.1) is 6.92 Å². The number of rotatable bonds is 8. The van der Waals surface area contributed by atoms with E-state index in [2.05, 4.69) is 36.2 Å². The fourth-order valence-electron chi connectivity index (χ4n) is 4.23. The number of methoxy groups -OCH3 is 1. The van der Waals surface area contributed by atoms with Crippen molar-refractivity contribution in [1.29, 1.82) is 0 Å². The highest BCUT2D eigenvalue weighted by Gasteiger charge is 2.20. The first kappa shape index (κ1) is 23.7. The lowest BCUT2D eigenvalue weighted by Gasteiger charge is -2.34. The summed E-state index contributed by atoms with van der Waals surface area (Å²) in [6.07, 6.45) is -1.32. The van der Waals surface area contributed by atoms with E-state index in [9.17, 15) is 9.90 Å². The third kappa shape index (κ3) is 5.19. The Bertz CT molecular complexity index is 1170. The lowest BCUT2D eigenvalue weighted by atomic mass is 10.1. The third-order valence-electron chi connectivity index (χ3n) is 5.91. The molecule has 0 bridgehead atoms. The molecule has 1 aliphatic heterocycles. The standard InChI is InChI=1S/C22H29N7O5/c1-14-18-19(20(31)24-21(23-18)25-22(32)33)29(26-14)13-16-4-3-15(11-17(16)34-2)12-28-7-5-27(6-8-28)9-10-30/h3-4,11,30H,5-10,12-13H2,1-2H3,(H,32,33)(H2,23,24,25,31). The Hall–Kier alpha value is -3.48. The highest BCUT2D eigenvalue weighted by atomic mass is 16.5.